The van der Waals surface area contributed by atoms with Crippen LogP contribution in [0.1, 0.15) is 27.8 Å². The lowest BCUT2D eigenvalue weighted by Crippen LogP contribution is -2.05. The zero-order valence-electron chi connectivity index (χ0n) is 12.1. The Balaban J connectivity index is 2.21. The molecule has 0 fully saturated rings. The van der Waals surface area contributed by atoms with E-state index < -0.39 is 6.10 Å². The van der Waals surface area contributed by atoms with Gasteiger partial charge in [-0.15, -0.1) is 11.3 Å². The Labute approximate surface area is 123 Å². The first-order chi connectivity index (χ1) is 9.56. The van der Waals surface area contributed by atoms with Gasteiger partial charge < -0.3 is 14.6 Å². The lowest BCUT2D eigenvalue weighted by molar-refractivity contribution is 0.180. The van der Waals surface area contributed by atoms with Crippen LogP contribution in [-0.4, -0.2) is 24.3 Å². The predicted octanol–water partition coefficient (Wildman–Crippen LogP) is 3.05. The molecule has 0 spiro atoms. The number of thiophene rings is 1. The van der Waals surface area contributed by atoms with Crippen LogP contribution < -0.4 is 9.47 Å². The first-order valence-electron chi connectivity index (χ1n) is 6.36. The third-order valence-corrected chi connectivity index (χ3v) is 4.31. The molecular weight excluding hydrogens is 274 g/mol. The number of rotatable bonds is 5. The standard InChI is InChI=1S/C15H19NO3S/c1-9-7-16-12(10(2)15(9)19-4)6-13(17)14-5-11(18-3)8-20-14/h5,7-8,13,17H,6H2,1-4H3. The minimum absolute atomic E-state index is 0.464. The maximum absolute atomic E-state index is 10.3. The minimum Gasteiger partial charge on any atom is -0.496 e. The molecule has 0 amide bonds. The van der Waals surface area contributed by atoms with Gasteiger partial charge in [-0.25, -0.2) is 0 Å². The summed E-state index contributed by atoms with van der Waals surface area (Å²) in [7, 11) is 3.27. The maximum Gasteiger partial charge on any atom is 0.129 e. The fourth-order valence-electron chi connectivity index (χ4n) is 2.18. The van der Waals surface area contributed by atoms with E-state index in [1.165, 1.54) is 11.3 Å². The van der Waals surface area contributed by atoms with Gasteiger partial charge >= 0.3 is 0 Å². The number of aromatic nitrogens is 1. The van der Waals surface area contributed by atoms with Crippen LogP contribution in [0.25, 0.3) is 0 Å². The van der Waals surface area contributed by atoms with Gasteiger partial charge in [0.05, 0.1) is 20.3 Å². The van der Waals surface area contributed by atoms with Gasteiger partial charge in [-0.1, -0.05) is 0 Å². The normalized spacial score (nSPS) is 12.2. The van der Waals surface area contributed by atoms with Gasteiger partial charge in [-0.3, -0.25) is 4.98 Å². The average Bonchev–Trinajstić information content (AvgIpc) is 2.91. The molecule has 20 heavy (non-hydrogen) atoms. The molecule has 1 unspecified atom stereocenters. The molecule has 2 aromatic heterocycles. The molecule has 0 aliphatic rings. The number of hydrogen-bond acceptors (Lipinski definition) is 5. The monoisotopic (exact) mass is 293 g/mol. The van der Waals surface area contributed by atoms with Gasteiger partial charge in [0.1, 0.15) is 11.5 Å². The van der Waals surface area contributed by atoms with Crippen LogP contribution in [0.5, 0.6) is 11.5 Å². The summed E-state index contributed by atoms with van der Waals surface area (Å²) in [5.74, 6) is 1.61. The lowest BCUT2D eigenvalue weighted by atomic mass is 10.1. The summed E-state index contributed by atoms with van der Waals surface area (Å²) in [6.07, 6.45) is 1.66. The molecule has 2 rings (SSSR count). The Morgan fingerprint density at radius 2 is 2.05 bits per heavy atom. The van der Waals surface area contributed by atoms with Gasteiger partial charge in [0.2, 0.25) is 0 Å². The molecule has 0 saturated heterocycles. The van der Waals surface area contributed by atoms with Crippen LogP contribution in [0.15, 0.2) is 17.6 Å². The van der Waals surface area contributed by atoms with Crippen LogP contribution in [0, 0.1) is 13.8 Å². The van der Waals surface area contributed by atoms with Crippen molar-refractivity contribution in [3.63, 3.8) is 0 Å². The summed E-state index contributed by atoms with van der Waals surface area (Å²) in [5.41, 5.74) is 2.84. The SMILES string of the molecule is COc1csc(C(O)Cc2ncc(C)c(OC)c2C)c1. The van der Waals surface area contributed by atoms with E-state index in [9.17, 15) is 5.11 Å². The Morgan fingerprint density at radius 3 is 2.65 bits per heavy atom. The van der Waals surface area contributed by atoms with Crippen molar-refractivity contribution in [2.45, 2.75) is 26.4 Å². The summed E-state index contributed by atoms with van der Waals surface area (Å²) in [4.78, 5) is 5.29. The second-order valence-electron chi connectivity index (χ2n) is 4.65. The molecule has 0 bridgehead atoms. The highest BCUT2D eigenvalue weighted by Crippen LogP contribution is 2.31. The van der Waals surface area contributed by atoms with Crippen LogP contribution in [-0.2, 0) is 6.42 Å². The highest BCUT2D eigenvalue weighted by atomic mass is 32.1. The number of aliphatic hydroxyl groups is 1. The van der Waals surface area contributed by atoms with E-state index in [-0.39, 0.29) is 0 Å². The molecule has 1 atom stereocenters. The zero-order chi connectivity index (χ0) is 14.7. The minimum atomic E-state index is -0.581. The van der Waals surface area contributed by atoms with E-state index in [0.717, 1.165) is 33.2 Å². The zero-order valence-corrected chi connectivity index (χ0v) is 13.0. The predicted molar refractivity (Wildman–Crippen MR) is 79.8 cm³/mol. The molecule has 2 aromatic rings. The van der Waals surface area contributed by atoms with Crippen molar-refractivity contribution in [1.29, 1.82) is 0 Å². The summed E-state index contributed by atoms with van der Waals surface area (Å²) in [5, 5.41) is 12.2. The number of nitrogens with zero attached hydrogens (tertiary/aromatic N) is 1. The third-order valence-electron chi connectivity index (χ3n) is 3.30. The number of aliphatic hydroxyl groups excluding tert-OH is 1. The first kappa shape index (κ1) is 14.8. The molecule has 2 heterocycles. The topological polar surface area (TPSA) is 51.6 Å². The Kier molecular flexibility index (Phi) is 4.62. The van der Waals surface area contributed by atoms with Crippen LogP contribution in [0.3, 0.4) is 0 Å². The number of methoxy groups -OCH3 is 2. The van der Waals surface area contributed by atoms with E-state index in [2.05, 4.69) is 4.98 Å². The second-order valence-corrected chi connectivity index (χ2v) is 5.60. The smallest absolute Gasteiger partial charge is 0.129 e. The summed E-state index contributed by atoms with van der Waals surface area (Å²) in [6.45, 7) is 3.93. The van der Waals surface area contributed by atoms with Gasteiger partial charge in [-0.2, -0.15) is 0 Å². The summed E-state index contributed by atoms with van der Waals surface area (Å²) < 4.78 is 10.5. The molecule has 0 aliphatic heterocycles. The van der Waals surface area contributed by atoms with Gasteiger partial charge in [0.25, 0.3) is 0 Å². The molecule has 0 aromatic carbocycles. The number of ether oxygens (including phenoxy) is 2. The van der Waals surface area contributed by atoms with Crippen molar-refractivity contribution < 1.29 is 14.6 Å². The Hall–Kier alpha value is -1.59. The van der Waals surface area contributed by atoms with Crippen LogP contribution >= 0.6 is 11.3 Å². The van der Waals surface area contributed by atoms with Crippen LogP contribution in [0.2, 0.25) is 0 Å². The third kappa shape index (κ3) is 2.94. The van der Waals surface area contributed by atoms with E-state index in [1.807, 2.05) is 25.3 Å². The molecule has 4 nitrogen and oxygen atoms in total. The fraction of sp³-hybridized carbons (Fsp3) is 0.400. The largest absolute Gasteiger partial charge is 0.496 e. The fourth-order valence-corrected chi connectivity index (χ4v) is 3.02. The van der Waals surface area contributed by atoms with Crippen molar-refractivity contribution in [1.82, 2.24) is 4.98 Å². The van der Waals surface area contributed by atoms with Crippen molar-refractivity contribution in [3.05, 3.63) is 39.3 Å². The molecular formula is C15H19NO3S. The van der Waals surface area contributed by atoms with Crippen molar-refractivity contribution in [2.75, 3.05) is 14.2 Å². The first-order valence-corrected chi connectivity index (χ1v) is 7.24. The van der Waals surface area contributed by atoms with Gasteiger partial charge in [-0.05, 0) is 19.9 Å². The number of pyridine rings is 1. The number of aryl methyl sites for hydroxylation is 1. The van der Waals surface area contributed by atoms with E-state index >= 15 is 0 Å². The summed E-state index contributed by atoms with van der Waals surface area (Å²) >= 11 is 1.49. The van der Waals surface area contributed by atoms with Gasteiger partial charge in [0.15, 0.2) is 0 Å². The van der Waals surface area contributed by atoms with E-state index in [1.54, 1.807) is 20.4 Å². The quantitative estimate of drug-likeness (QED) is 0.920. The average molecular weight is 293 g/mol. The lowest BCUT2D eigenvalue weighted by Gasteiger charge is -2.14. The highest BCUT2D eigenvalue weighted by Gasteiger charge is 2.16. The second kappa shape index (κ2) is 6.24. The molecule has 108 valence electrons. The highest BCUT2D eigenvalue weighted by molar-refractivity contribution is 7.10. The van der Waals surface area contributed by atoms with E-state index in [4.69, 9.17) is 9.47 Å². The summed E-state index contributed by atoms with van der Waals surface area (Å²) in [6, 6.07) is 1.86. The Bertz CT molecular complexity index is 595. The number of hydrogen-bond donors (Lipinski definition) is 1. The van der Waals surface area contributed by atoms with E-state index in [0.29, 0.717) is 6.42 Å². The molecule has 0 saturated carbocycles. The van der Waals surface area contributed by atoms with Crippen LogP contribution in [0.4, 0.5) is 0 Å². The van der Waals surface area contributed by atoms with Crippen molar-refractivity contribution in [3.8, 4) is 11.5 Å². The maximum atomic E-state index is 10.3. The van der Waals surface area contributed by atoms with Crippen molar-refractivity contribution in [2.24, 2.45) is 0 Å². The molecule has 0 radical (unpaired) electrons. The van der Waals surface area contributed by atoms with Gasteiger partial charge in [0, 0.05) is 39.7 Å². The molecule has 5 heteroatoms. The Morgan fingerprint density at radius 1 is 1.30 bits per heavy atom. The van der Waals surface area contributed by atoms with Crippen molar-refractivity contribution >= 4 is 11.3 Å². The molecule has 1 N–H and O–H groups in total. The molecule has 0 aliphatic carbocycles.